The van der Waals surface area contributed by atoms with Crippen molar-refractivity contribution in [2.75, 3.05) is 0 Å². The first-order valence-corrected chi connectivity index (χ1v) is 16.2. The van der Waals surface area contributed by atoms with Crippen molar-refractivity contribution in [3.05, 3.63) is 197 Å². The molecule has 0 heterocycles. The summed E-state index contributed by atoms with van der Waals surface area (Å²) in [5.41, 5.74) is 0. The van der Waals surface area contributed by atoms with Gasteiger partial charge in [0, 0.05) is 0 Å². The van der Waals surface area contributed by atoms with Gasteiger partial charge in [0.2, 0.25) is 0 Å². The first-order chi connectivity index (χ1) is 19.3. The van der Waals surface area contributed by atoms with E-state index in [1.165, 1.54) is 31.8 Å². The van der Waals surface area contributed by atoms with Gasteiger partial charge in [0.1, 0.15) is 0 Å². The van der Waals surface area contributed by atoms with Crippen LogP contribution in [0.15, 0.2) is 182 Å². The summed E-state index contributed by atoms with van der Waals surface area (Å²) < 4.78 is 0. The molecule has 6 rings (SSSR count). The third-order valence-corrected chi connectivity index (χ3v) is 9.53. The van der Waals surface area contributed by atoms with Gasteiger partial charge in [-0.3, -0.25) is 0 Å². The zero-order chi connectivity index (χ0) is 26.8. The third-order valence-electron chi connectivity index (χ3n) is 5.60. The molecule has 42 heavy (non-hydrogen) atoms. The summed E-state index contributed by atoms with van der Waals surface area (Å²) in [6.07, 6.45) is 0. The van der Waals surface area contributed by atoms with Crippen LogP contribution in [0.2, 0.25) is 0 Å². The number of benzene rings is 6. The monoisotopic (exact) mass is 648 g/mol. The smallest absolute Gasteiger partial charge is 0.358 e. The Bertz CT molecular complexity index is 1140. The fraction of sp³-hybridized carbons (Fsp3) is 0. The van der Waals surface area contributed by atoms with Crippen molar-refractivity contribution in [2.24, 2.45) is 0 Å². The molecule has 1 radical (unpaired) electrons. The Morgan fingerprint density at radius 3 is 0.690 bits per heavy atom. The Morgan fingerprint density at radius 2 is 0.476 bits per heavy atom. The summed E-state index contributed by atoms with van der Waals surface area (Å²) in [5.74, 6) is 0. The summed E-state index contributed by atoms with van der Waals surface area (Å²) in [6.45, 7) is 0. The predicted molar refractivity (Wildman–Crippen MR) is 196 cm³/mol. The van der Waals surface area contributed by atoms with Gasteiger partial charge in [0.25, 0.3) is 0 Å². The summed E-state index contributed by atoms with van der Waals surface area (Å²) in [6, 6.07) is 63.6. The minimum absolute atomic E-state index is 0. The topological polar surface area (TPSA) is 0 Å². The third kappa shape index (κ3) is 14.8. The van der Waals surface area contributed by atoms with Crippen LogP contribution in [0.4, 0.5) is 0 Å². The molecule has 0 nitrogen and oxygen atoms in total. The predicted octanol–water partition coefficient (Wildman–Crippen LogP) is 7.58. The molecule has 215 valence electrons. The second kappa shape index (κ2) is 22.7. The fourth-order valence-electron chi connectivity index (χ4n) is 3.71. The normalized spacial score (nSPS) is 9.14. The van der Waals surface area contributed by atoms with Crippen molar-refractivity contribution in [1.29, 1.82) is 0 Å². The molecule has 0 saturated heterocycles. The minimum Gasteiger partial charge on any atom is -0.358 e. The maximum atomic E-state index is 2.20. The molecule has 4 heteroatoms. The summed E-state index contributed by atoms with van der Waals surface area (Å²) in [4.78, 5) is 0. The van der Waals surface area contributed by atoms with Crippen molar-refractivity contribution < 1.29 is 16.8 Å². The van der Waals surface area contributed by atoms with Gasteiger partial charge in [-0.1, -0.05) is 175 Å². The molecule has 0 aliphatic rings. The molecule has 0 N–H and O–H groups in total. The van der Waals surface area contributed by atoms with Crippen LogP contribution in [0.5, 0.6) is 0 Å². The summed E-state index contributed by atoms with van der Waals surface area (Å²) >= 11 is 0. The molecule has 0 fully saturated rings. The molecule has 0 saturated carbocycles. The molecule has 0 unspecified atom stereocenters. The quantitative estimate of drug-likeness (QED) is 0.129. The zero-order valence-electron chi connectivity index (χ0n) is 24.2. The van der Waals surface area contributed by atoms with E-state index in [9.17, 15) is 0 Å². The van der Waals surface area contributed by atoms with Crippen molar-refractivity contribution in [3.63, 3.8) is 0 Å². The average molecular weight is 649 g/mol. The second-order valence-corrected chi connectivity index (χ2v) is 13.1. The minimum atomic E-state index is 0. The van der Waals surface area contributed by atoms with Gasteiger partial charge < -0.3 is 14.9 Å². The van der Waals surface area contributed by atoms with Crippen molar-refractivity contribution in [3.8, 4) is 0 Å². The molecule has 6 aromatic rings. The molecule has 0 aromatic heterocycles. The van der Waals surface area contributed by atoms with Crippen LogP contribution >= 0.6 is 25.7 Å². The molecule has 0 atom stereocenters. The maximum absolute atomic E-state index is 2.20. The standard InChI is InChI=1S/3C12H11P.2CH3.Co/c3*1-3-7-11(8-4-1)13-12-9-5-2-6-10-12;;;/h3*1-10,13H;2*1H3;/q;;;2*-1;+2/p+1. The van der Waals surface area contributed by atoms with E-state index in [0.29, 0.717) is 0 Å². The summed E-state index contributed by atoms with van der Waals surface area (Å²) in [5, 5.41) is 8.49. The van der Waals surface area contributed by atoms with Gasteiger partial charge in [-0.15, -0.1) is 0 Å². The van der Waals surface area contributed by atoms with Gasteiger partial charge in [0.05, 0.1) is 19.2 Å². The SMILES string of the molecule is [CH3-].[CH3-].[Co+2].c1ccc(Pc2ccccc2)cc1.c1ccc(Pc2ccccc2)cc1.c1ccc([PH2+]c2ccccc2)cc1. The van der Waals surface area contributed by atoms with E-state index in [1.807, 2.05) is 0 Å². The van der Waals surface area contributed by atoms with Crippen LogP contribution in [-0.2, 0) is 16.8 Å². The van der Waals surface area contributed by atoms with E-state index in [4.69, 9.17) is 0 Å². The summed E-state index contributed by atoms with van der Waals surface area (Å²) in [7, 11) is 1.82. The Morgan fingerprint density at radius 1 is 0.286 bits per heavy atom. The zero-order valence-corrected chi connectivity index (χ0v) is 28.4. The van der Waals surface area contributed by atoms with E-state index in [0.717, 1.165) is 17.2 Å². The van der Waals surface area contributed by atoms with Gasteiger partial charge in [-0.2, -0.15) is 0 Å². The molecule has 0 bridgehead atoms. The van der Waals surface area contributed by atoms with Crippen LogP contribution < -0.4 is 31.8 Å². The van der Waals surface area contributed by atoms with Crippen molar-refractivity contribution in [1.82, 2.24) is 0 Å². The van der Waals surface area contributed by atoms with Crippen molar-refractivity contribution in [2.45, 2.75) is 0 Å². The van der Waals surface area contributed by atoms with E-state index < -0.39 is 0 Å². The van der Waals surface area contributed by atoms with E-state index in [1.54, 1.807) is 0 Å². The van der Waals surface area contributed by atoms with Crippen LogP contribution in [-0.4, -0.2) is 0 Å². The van der Waals surface area contributed by atoms with Crippen LogP contribution in [0, 0.1) is 14.9 Å². The van der Waals surface area contributed by atoms with Gasteiger partial charge >= 0.3 is 16.8 Å². The van der Waals surface area contributed by atoms with Gasteiger partial charge in [0.15, 0.2) is 0 Å². The van der Waals surface area contributed by atoms with Gasteiger partial charge in [-0.05, 0) is 45.5 Å². The molecule has 0 aliphatic carbocycles. The van der Waals surface area contributed by atoms with Crippen LogP contribution in [0.1, 0.15) is 0 Å². The van der Waals surface area contributed by atoms with E-state index in [2.05, 4.69) is 182 Å². The number of rotatable bonds is 6. The molecular formula is C38H40CoP3+. The number of hydrogen-bond acceptors (Lipinski definition) is 0. The first kappa shape index (κ1) is 37.1. The Hall–Kier alpha value is -2.88. The Balaban J connectivity index is 0.000000304. The Labute approximate surface area is 270 Å². The van der Waals surface area contributed by atoms with Crippen molar-refractivity contribution >= 4 is 57.6 Å². The Kier molecular flexibility index (Phi) is 20.1. The number of hydrogen-bond donors (Lipinski definition) is 0. The first-order valence-electron chi connectivity index (χ1n) is 13.0. The van der Waals surface area contributed by atoms with Crippen LogP contribution in [0.25, 0.3) is 0 Å². The van der Waals surface area contributed by atoms with Crippen LogP contribution in [0.3, 0.4) is 0 Å². The second-order valence-electron chi connectivity index (χ2n) is 8.68. The molecule has 0 amide bonds. The van der Waals surface area contributed by atoms with E-state index >= 15 is 0 Å². The largest absolute Gasteiger partial charge is 2.00 e. The molecule has 0 aliphatic heterocycles. The average Bonchev–Trinajstić information content (AvgIpc) is 3.01. The molecule has 6 aromatic carbocycles. The molecular weight excluding hydrogens is 608 g/mol. The van der Waals surface area contributed by atoms with Gasteiger partial charge in [-0.25, -0.2) is 0 Å². The molecule has 0 spiro atoms. The van der Waals surface area contributed by atoms with E-state index in [-0.39, 0.29) is 40.2 Å². The fourth-order valence-corrected chi connectivity index (χ4v) is 7.03. The maximum Gasteiger partial charge on any atom is 2.00 e.